The van der Waals surface area contributed by atoms with Crippen LogP contribution in [0.1, 0.15) is 26.5 Å². The van der Waals surface area contributed by atoms with Gasteiger partial charge in [-0.15, -0.1) is 0 Å². The summed E-state index contributed by atoms with van der Waals surface area (Å²) in [5.74, 6) is -0.469. The number of ether oxygens (including phenoxy) is 1. The first-order chi connectivity index (χ1) is 9.15. The van der Waals surface area contributed by atoms with Crippen molar-refractivity contribution in [3.8, 4) is 5.75 Å². The van der Waals surface area contributed by atoms with Crippen molar-refractivity contribution in [2.75, 3.05) is 0 Å². The lowest BCUT2D eigenvalue weighted by Crippen LogP contribution is -2.00. The van der Waals surface area contributed by atoms with Gasteiger partial charge in [0.25, 0.3) is 0 Å². The third kappa shape index (κ3) is 1.91. The average molecular weight is 256 g/mol. The second-order valence-electron chi connectivity index (χ2n) is 3.97. The topological polar surface area (TPSA) is 76.7 Å². The molecule has 19 heavy (non-hydrogen) atoms. The molecule has 3 rings (SSSR count). The Morgan fingerprint density at radius 3 is 2.79 bits per heavy atom. The number of fused-ring (bicyclic) bond motifs is 1. The van der Waals surface area contributed by atoms with Crippen molar-refractivity contribution in [3.63, 3.8) is 0 Å². The van der Waals surface area contributed by atoms with E-state index in [1.165, 1.54) is 30.5 Å². The number of allylic oxidation sites excluding steroid dienone is 1. The Labute approximate surface area is 107 Å². The van der Waals surface area contributed by atoms with Crippen LogP contribution in [0.2, 0.25) is 0 Å². The maximum Gasteiger partial charge on any atom is 0.335 e. The molecular weight excluding hydrogens is 248 g/mol. The van der Waals surface area contributed by atoms with E-state index in [2.05, 4.69) is 0 Å². The molecule has 1 aromatic heterocycles. The van der Waals surface area contributed by atoms with Crippen LogP contribution in [0.4, 0.5) is 0 Å². The highest BCUT2D eigenvalue weighted by Crippen LogP contribution is 2.32. The van der Waals surface area contributed by atoms with Crippen LogP contribution in [0.25, 0.3) is 6.08 Å². The van der Waals surface area contributed by atoms with E-state index in [4.69, 9.17) is 14.3 Å². The lowest BCUT2D eigenvalue weighted by molar-refractivity contribution is 0.0697. The Balaban J connectivity index is 2.00. The highest BCUT2D eigenvalue weighted by Gasteiger charge is 2.28. The van der Waals surface area contributed by atoms with Gasteiger partial charge in [0.05, 0.1) is 17.4 Å². The fourth-order valence-corrected chi connectivity index (χ4v) is 1.82. The van der Waals surface area contributed by atoms with Crippen molar-refractivity contribution in [2.24, 2.45) is 0 Å². The SMILES string of the molecule is O=C(O)c1ccc2c(c1)C(=O)/C(=C/c1ccco1)O2. The number of furan rings is 1. The lowest BCUT2D eigenvalue weighted by atomic mass is 10.1. The molecule has 0 bridgehead atoms. The molecule has 1 aromatic carbocycles. The Bertz CT molecular complexity index is 695. The van der Waals surface area contributed by atoms with Gasteiger partial charge in [0.15, 0.2) is 5.76 Å². The molecule has 5 heteroatoms. The molecule has 1 aliphatic heterocycles. The van der Waals surface area contributed by atoms with E-state index < -0.39 is 5.97 Å². The van der Waals surface area contributed by atoms with Gasteiger partial charge in [-0.05, 0) is 30.3 Å². The predicted octanol–water partition coefficient (Wildman–Crippen LogP) is 2.59. The first-order valence-corrected chi connectivity index (χ1v) is 5.50. The predicted molar refractivity (Wildman–Crippen MR) is 65.0 cm³/mol. The van der Waals surface area contributed by atoms with Crippen LogP contribution in [-0.2, 0) is 0 Å². The smallest absolute Gasteiger partial charge is 0.335 e. The van der Waals surface area contributed by atoms with Crippen LogP contribution in [0.5, 0.6) is 5.75 Å². The Hall–Kier alpha value is -2.82. The molecule has 0 saturated carbocycles. The zero-order chi connectivity index (χ0) is 13.4. The minimum atomic E-state index is -1.08. The van der Waals surface area contributed by atoms with Gasteiger partial charge in [-0.2, -0.15) is 0 Å². The van der Waals surface area contributed by atoms with E-state index in [1.54, 1.807) is 12.1 Å². The molecule has 0 radical (unpaired) electrons. The van der Waals surface area contributed by atoms with Crippen LogP contribution in [0.3, 0.4) is 0 Å². The number of carbonyl (C=O) groups excluding carboxylic acids is 1. The largest absolute Gasteiger partial charge is 0.478 e. The molecule has 0 spiro atoms. The van der Waals surface area contributed by atoms with E-state index in [9.17, 15) is 9.59 Å². The van der Waals surface area contributed by atoms with Gasteiger partial charge in [-0.25, -0.2) is 4.79 Å². The third-order valence-electron chi connectivity index (χ3n) is 2.73. The van der Waals surface area contributed by atoms with E-state index in [1.807, 2.05) is 0 Å². The van der Waals surface area contributed by atoms with Gasteiger partial charge in [0, 0.05) is 6.08 Å². The number of ketones is 1. The first-order valence-electron chi connectivity index (χ1n) is 5.50. The maximum atomic E-state index is 12.1. The number of carbonyl (C=O) groups is 2. The molecule has 0 fully saturated rings. The van der Waals surface area contributed by atoms with Gasteiger partial charge in [0.2, 0.25) is 5.78 Å². The molecule has 5 nitrogen and oxygen atoms in total. The van der Waals surface area contributed by atoms with Crippen molar-refractivity contribution in [2.45, 2.75) is 0 Å². The van der Waals surface area contributed by atoms with Crippen molar-refractivity contribution in [1.29, 1.82) is 0 Å². The number of aromatic carboxylic acids is 1. The van der Waals surface area contributed by atoms with E-state index >= 15 is 0 Å². The monoisotopic (exact) mass is 256 g/mol. The van der Waals surface area contributed by atoms with Crippen LogP contribution >= 0.6 is 0 Å². The first kappa shape index (κ1) is 11.3. The fraction of sp³-hybridized carbons (Fsp3) is 0. The van der Waals surface area contributed by atoms with Crippen LogP contribution < -0.4 is 4.74 Å². The normalized spacial score (nSPS) is 15.4. The summed E-state index contributed by atoms with van der Waals surface area (Å²) in [5, 5.41) is 8.89. The van der Waals surface area contributed by atoms with Crippen molar-refractivity contribution >= 4 is 17.8 Å². The van der Waals surface area contributed by atoms with Gasteiger partial charge >= 0.3 is 5.97 Å². The molecule has 0 saturated heterocycles. The molecule has 1 aliphatic rings. The fourth-order valence-electron chi connectivity index (χ4n) is 1.82. The van der Waals surface area contributed by atoms with Crippen LogP contribution in [0.15, 0.2) is 46.8 Å². The summed E-state index contributed by atoms with van der Waals surface area (Å²) in [6.45, 7) is 0. The van der Waals surface area contributed by atoms with Crippen molar-refractivity contribution in [3.05, 3.63) is 59.2 Å². The van der Waals surface area contributed by atoms with Crippen LogP contribution in [0, 0.1) is 0 Å². The quantitative estimate of drug-likeness (QED) is 0.835. The number of Topliss-reactive ketones (excluding diaryl/α,β-unsaturated/α-hetero) is 1. The Morgan fingerprint density at radius 2 is 2.11 bits per heavy atom. The Morgan fingerprint density at radius 1 is 1.26 bits per heavy atom. The average Bonchev–Trinajstić information content (AvgIpc) is 2.99. The molecule has 0 aliphatic carbocycles. The minimum Gasteiger partial charge on any atom is -0.478 e. The second kappa shape index (κ2) is 4.13. The standard InChI is InChI=1S/C14H8O5/c15-13-10-6-8(14(16)17)3-4-11(10)19-12(13)7-9-2-1-5-18-9/h1-7H,(H,16,17)/b12-7-. The lowest BCUT2D eigenvalue weighted by Gasteiger charge is -1.97. The number of rotatable bonds is 2. The van der Waals surface area contributed by atoms with Gasteiger partial charge in [-0.1, -0.05) is 0 Å². The van der Waals surface area contributed by atoms with Gasteiger partial charge in [-0.3, -0.25) is 4.79 Å². The summed E-state index contributed by atoms with van der Waals surface area (Å²) >= 11 is 0. The third-order valence-corrected chi connectivity index (χ3v) is 2.73. The molecular formula is C14H8O5. The van der Waals surface area contributed by atoms with Crippen molar-refractivity contribution in [1.82, 2.24) is 0 Å². The van der Waals surface area contributed by atoms with E-state index in [-0.39, 0.29) is 22.7 Å². The zero-order valence-electron chi connectivity index (χ0n) is 9.62. The zero-order valence-corrected chi connectivity index (χ0v) is 9.62. The van der Waals surface area contributed by atoms with E-state index in [0.29, 0.717) is 11.5 Å². The summed E-state index contributed by atoms with van der Waals surface area (Å²) in [7, 11) is 0. The summed E-state index contributed by atoms with van der Waals surface area (Å²) in [4.78, 5) is 22.9. The van der Waals surface area contributed by atoms with Gasteiger partial charge < -0.3 is 14.3 Å². The van der Waals surface area contributed by atoms with Crippen molar-refractivity contribution < 1.29 is 23.8 Å². The Kier molecular flexibility index (Phi) is 2.45. The maximum absolute atomic E-state index is 12.1. The molecule has 2 heterocycles. The van der Waals surface area contributed by atoms with Gasteiger partial charge in [0.1, 0.15) is 11.5 Å². The van der Waals surface area contributed by atoms with Crippen LogP contribution in [-0.4, -0.2) is 16.9 Å². The molecule has 2 aromatic rings. The molecule has 1 N–H and O–H groups in total. The number of hydrogen-bond acceptors (Lipinski definition) is 4. The number of benzene rings is 1. The highest BCUT2D eigenvalue weighted by molar-refractivity contribution is 6.15. The molecule has 0 unspecified atom stereocenters. The second-order valence-corrected chi connectivity index (χ2v) is 3.97. The minimum absolute atomic E-state index is 0.0509. The van der Waals surface area contributed by atoms with E-state index in [0.717, 1.165) is 0 Å². The summed E-state index contributed by atoms with van der Waals surface area (Å²) in [6.07, 6.45) is 2.96. The molecule has 94 valence electrons. The summed E-state index contributed by atoms with van der Waals surface area (Å²) < 4.78 is 10.5. The number of carboxylic acids is 1. The summed E-state index contributed by atoms with van der Waals surface area (Å²) in [5.41, 5.74) is 0.299. The highest BCUT2D eigenvalue weighted by atomic mass is 16.5. The molecule has 0 atom stereocenters. The number of carboxylic acid groups (broad SMARTS) is 1. The number of hydrogen-bond donors (Lipinski definition) is 1. The summed E-state index contributed by atoms with van der Waals surface area (Å²) in [6, 6.07) is 7.56. The molecule has 0 amide bonds.